The van der Waals surface area contributed by atoms with Gasteiger partial charge in [-0.1, -0.05) is 0 Å². The summed E-state index contributed by atoms with van der Waals surface area (Å²) in [6.45, 7) is 0. The van der Waals surface area contributed by atoms with Crippen LogP contribution in [0.15, 0.2) is 48.5 Å². The lowest BCUT2D eigenvalue weighted by Gasteiger charge is -1.97. The number of rotatable bonds is 2. The van der Waals surface area contributed by atoms with E-state index in [4.69, 9.17) is 31.8 Å². The highest BCUT2D eigenvalue weighted by Gasteiger charge is 1.86. The van der Waals surface area contributed by atoms with Crippen LogP contribution in [-0.4, -0.2) is 24.5 Å². The highest BCUT2D eigenvalue weighted by atomic mass is 32.1. The molecule has 0 bridgehead atoms. The third kappa shape index (κ3) is 14.2. The molecule has 2 aromatic rings. The van der Waals surface area contributed by atoms with Crippen LogP contribution >= 0.6 is 24.4 Å². The predicted octanol–water partition coefficient (Wildman–Crippen LogP) is 3.89. The van der Waals surface area contributed by atoms with E-state index in [1.165, 1.54) is 0 Å². The molecule has 0 heterocycles. The van der Waals surface area contributed by atoms with Crippen molar-refractivity contribution in [2.75, 3.05) is 25.7 Å². The van der Waals surface area contributed by atoms with Crippen LogP contribution in [0, 0.1) is 10.8 Å². The Balaban J connectivity index is 0. The third-order valence-corrected chi connectivity index (χ3v) is 2.23. The fraction of sp³-hybridized carbons (Fsp3) is 0.125. The molecule has 0 spiro atoms. The molecule has 0 amide bonds. The fourth-order valence-electron chi connectivity index (χ4n) is 1.21. The van der Waals surface area contributed by atoms with Crippen molar-refractivity contribution in [3.63, 3.8) is 0 Å². The third-order valence-electron chi connectivity index (χ3n) is 2.23. The highest BCUT2D eigenvalue weighted by molar-refractivity contribution is 7.78. The van der Waals surface area contributed by atoms with Gasteiger partial charge in [-0.2, -0.15) is 0 Å². The van der Waals surface area contributed by atoms with Crippen molar-refractivity contribution in [3.8, 4) is 11.5 Å². The topological polar surface area (TPSA) is 118 Å². The van der Waals surface area contributed by atoms with Crippen molar-refractivity contribution in [1.29, 1.82) is 10.8 Å². The lowest BCUT2D eigenvalue weighted by Crippen LogP contribution is -1.84. The van der Waals surface area contributed by atoms with Crippen LogP contribution in [0.1, 0.15) is 0 Å². The van der Waals surface area contributed by atoms with Crippen molar-refractivity contribution >= 4 is 46.1 Å². The van der Waals surface area contributed by atoms with Gasteiger partial charge in [0.1, 0.15) is 11.5 Å². The van der Waals surface area contributed by atoms with Gasteiger partial charge in [-0.15, -0.1) is 0 Å². The van der Waals surface area contributed by atoms with Gasteiger partial charge in [0, 0.05) is 11.4 Å². The molecule has 0 saturated heterocycles. The minimum Gasteiger partial charge on any atom is -0.497 e. The van der Waals surface area contributed by atoms with Crippen LogP contribution in [0.25, 0.3) is 0 Å². The van der Waals surface area contributed by atoms with Crippen LogP contribution in [0.3, 0.4) is 0 Å². The van der Waals surface area contributed by atoms with Gasteiger partial charge in [-0.05, 0) is 73.0 Å². The van der Waals surface area contributed by atoms with Gasteiger partial charge in [0.2, 0.25) is 0 Å². The average molecular weight is 364 g/mol. The summed E-state index contributed by atoms with van der Waals surface area (Å²) in [6, 6.07) is 14.5. The zero-order valence-corrected chi connectivity index (χ0v) is 15.0. The first-order valence-electron chi connectivity index (χ1n) is 6.35. The first kappa shape index (κ1) is 23.5. The lowest BCUT2D eigenvalue weighted by atomic mass is 10.3. The molecule has 0 radical (unpaired) electrons. The number of hydrogen-bond acceptors (Lipinski definition) is 8. The first-order valence-corrected chi connectivity index (χ1v) is 7.17. The van der Waals surface area contributed by atoms with Crippen LogP contribution in [0.4, 0.5) is 11.4 Å². The van der Waals surface area contributed by atoms with Crippen LogP contribution in [-0.2, 0) is 0 Å². The summed E-state index contributed by atoms with van der Waals surface area (Å²) in [4.78, 5) is 0. The molecular formula is C16H20N4O2S2. The van der Waals surface area contributed by atoms with Crippen molar-refractivity contribution in [2.45, 2.75) is 0 Å². The molecule has 2 rings (SSSR count). The van der Waals surface area contributed by atoms with Gasteiger partial charge < -0.3 is 20.9 Å². The number of anilines is 2. The quantitative estimate of drug-likeness (QED) is 0.365. The number of hydrogen-bond donors (Lipinski definition) is 4. The standard InChI is InChI=1S/2C7H9NO.2CHNS/c2*1-9-7-4-2-6(8)3-5-7;2*2-1-3/h2*2-5H,8H2,1H3;2*2H. The molecule has 6 N–H and O–H groups in total. The molecule has 0 aromatic heterocycles. The number of ether oxygens (including phenoxy) is 2. The summed E-state index contributed by atoms with van der Waals surface area (Å²) in [7, 11) is 3.26. The molecule has 128 valence electrons. The Morgan fingerprint density at radius 3 is 1.08 bits per heavy atom. The minimum absolute atomic E-state index is 0.760. The smallest absolute Gasteiger partial charge is 0.119 e. The molecule has 6 nitrogen and oxygen atoms in total. The number of nitrogen functional groups attached to an aromatic ring is 2. The summed E-state index contributed by atoms with van der Waals surface area (Å²) >= 11 is 7.62. The van der Waals surface area contributed by atoms with E-state index in [1.807, 2.05) is 24.3 Å². The van der Waals surface area contributed by atoms with Gasteiger partial charge in [0.25, 0.3) is 0 Å². The normalized spacial score (nSPS) is 7.42. The van der Waals surface area contributed by atoms with Gasteiger partial charge >= 0.3 is 0 Å². The minimum atomic E-state index is 0.760. The largest absolute Gasteiger partial charge is 0.497 e. The average Bonchev–Trinajstić information content (AvgIpc) is 2.58. The Morgan fingerprint density at radius 2 is 0.917 bits per heavy atom. The van der Waals surface area contributed by atoms with Gasteiger partial charge in [-0.3, -0.25) is 0 Å². The summed E-state index contributed by atoms with van der Waals surface area (Å²) in [5, 5.41) is 14.7. The second kappa shape index (κ2) is 16.6. The van der Waals surface area contributed by atoms with Crippen molar-refractivity contribution in [3.05, 3.63) is 48.5 Å². The zero-order valence-electron chi connectivity index (χ0n) is 13.4. The lowest BCUT2D eigenvalue weighted by molar-refractivity contribution is 0.415. The van der Waals surface area contributed by atoms with Crippen molar-refractivity contribution in [1.82, 2.24) is 0 Å². The van der Waals surface area contributed by atoms with Crippen molar-refractivity contribution in [2.24, 2.45) is 0 Å². The molecule has 0 aliphatic rings. The molecule has 0 aliphatic carbocycles. The Kier molecular flexibility index (Phi) is 16.3. The van der Waals surface area contributed by atoms with E-state index >= 15 is 0 Å². The van der Waals surface area contributed by atoms with E-state index in [-0.39, 0.29) is 0 Å². The number of isothiocyanates is 2. The Hall–Kier alpha value is -2.76. The Labute approximate surface area is 152 Å². The van der Waals surface area contributed by atoms with Crippen LogP contribution in [0.2, 0.25) is 0 Å². The summed E-state index contributed by atoms with van der Waals surface area (Å²) < 4.78 is 9.83. The first-order chi connectivity index (χ1) is 11.5. The SMILES string of the molecule is COc1ccc(N)cc1.COc1ccc(N)cc1.N=C=S.N=C=S. The maximum Gasteiger partial charge on any atom is 0.119 e. The van der Waals surface area contributed by atoms with Gasteiger partial charge in [0.05, 0.1) is 24.5 Å². The second-order valence-corrected chi connectivity index (χ2v) is 4.16. The Bertz CT molecular complexity index is 562. The number of nitrogens with one attached hydrogen (secondary N) is 2. The van der Waals surface area contributed by atoms with Gasteiger partial charge in [-0.25, -0.2) is 10.8 Å². The fourth-order valence-corrected chi connectivity index (χ4v) is 1.21. The van der Waals surface area contributed by atoms with Crippen LogP contribution < -0.4 is 20.9 Å². The maximum absolute atomic E-state index is 5.77. The molecule has 24 heavy (non-hydrogen) atoms. The van der Waals surface area contributed by atoms with E-state index in [9.17, 15) is 0 Å². The molecule has 0 unspecified atom stereocenters. The summed E-state index contributed by atoms with van der Waals surface area (Å²) in [6.07, 6.45) is 0. The van der Waals surface area contributed by atoms with Gasteiger partial charge in [0.15, 0.2) is 0 Å². The number of methoxy groups -OCH3 is 2. The number of thiocarbonyl (C=S) groups is 2. The maximum atomic E-state index is 5.77. The van der Waals surface area contributed by atoms with E-state index in [0.717, 1.165) is 22.9 Å². The molecular weight excluding hydrogens is 344 g/mol. The molecule has 0 fully saturated rings. The summed E-state index contributed by atoms with van der Waals surface area (Å²) in [5.74, 6) is 1.67. The Morgan fingerprint density at radius 1 is 0.708 bits per heavy atom. The second-order valence-electron chi connectivity index (χ2n) is 3.75. The van der Waals surface area contributed by atoms with Crippen LogP contribution in [0.5, 0.6) is 11.5 Å². The molecule has 0 atom stereocenters. The summed E-state index contributed by atoms with van der Waals surface area (Å²) in [5.41, 5.74) is 12.4. The monoisotopic (exact) mass is 364 g/mol. The zero-order chi connectivity index (χ0) is 18.8. The van der Waals surface area contributed by atoms with E-state index in [1.54, 1.807) is 48.8 Å². The van der Waals surface area contributed by atoms with E-state index in [2.05, 4.69) is 24.4 Å². The highest BCUT2D eigenvalue weighted by Crippen LogP contribution is 2.12. The number of nitrogens with two attached hydrogens (primary N) is 2. The molecule has 8 heteroatoms. The molecule has 0 saturated carbocycles. The molecule has 0 aliphatic heterocycles. The van der Waals surface area contributed by atoms with E-state index < -0.39 is 0 Å². The molecule has 2 aromatic carbocycles. The van der Waals surface area contributed by atoms with E-state index in [0.29, 0.717) is 0 Å². The predicted molar refractivity (Wildman–Crippen MR) is 105 cm³/mol. The number of benzene rings is 2. The van der Waals surface area contributed by atoms with Crippen molar-refractivity contribution < 1.29 is 9.47 Å².